The van der Waals surface area contributed by atoms with Gasteiger partial charge in [0.05, 0.1) is 7.11 Å². The Labute approximate surface area is 60.2 Å². The summed E-state index contributed by atoms with van der Waals surface area (Å²) >= 11 is 0. The van der Waals surface area contributed by atoms with Crippen LogP contribution in [0.4, 0.5) is 0 Å². The minimum absolute atomic E-state index is 0.204. The number of methoxy groups -OCH3 is 1. The van der Waals surface area contributed by atoms with Crippen LogP contribution in [0, 0.1) is 0 Å². The number of esters is 1. The number of carbonyl (C=O) groups excluding carboxylic acids is 1. The maximum Gasteiger partial charge on any atom is 0.333 e. The summed E-state index contributed by atoms with van der Waals surface area (Å²) in [6.07, 6.45) is 7.47. The van der Waals surface area contributed by atoms with E-state index in [1.54, 1.807) is 0 Å². The zero-order valence-electron chi connectivity index (χ0n) is 5.96. The third-order valence-corrected chi connectivity index (χ3v) is 1.45. The summed E-state index contributed by atoms with van der Waals surface area (Å²) in [7, 11) is 1.40. The normalized spacial score (nSPS) is 16.3. The molecule has 0 amide bonds. The summed E-state index contributed by atoms with van der Waals surface area (Å²) in [6, 6.07) is 0. The van der Waals surface area contributed by atoms with E-state index in [0.717, 1.165) is 12.0 Å². The van der Waals surface area contributed by atoms with E-state index in [-0.39, 0.29) is 5.97 Å². The smallest absolute Gasteiger partial charge is 0.333 e. The molecule has 1 aliphatic carbocycles. The highest BCUT2D eigenvalue weighted by atomic mass is 16.5. The van der Waals surface area contributed by atoms with Gasteiger partial charge in [-0.1, -0.05) is 18.2 Å². The van der Waals surface area contributed by atoms with Gasteiger partial charge in [0.2, 0.25) is 0 Å². The first-order chi connectivity index (χ1) is 4.84. The van der Waals surface area contributed by atoms with E-state index in [4.69, 9.17) is 0 Å². The van der Waals surface area contributed by atoms with E-state index in [1.807, 2.05) is 18.2 Å². The Morgan fingerprint density at radius 2 is 2.40 bits per heavy atom. The quantitative estimate of drug-likeness (QED) is 0.405. The Bertz CT molecular complexity index is 189. The van der Waals surface area contributed by atoms with Crippen LogP contribution in [0.15, 0.2) is 23.8 Å². The average Bonchev–Trinajstić information content (AvgIpc) is 2.05. The van der Waals surface area contributed by atoms with E-state index in [9.17, 15) is 4.79 Å². The largest absolute Gasteiger partial charge is 0.466 e. The van der Waals surface area contributed by atoms with Gasteiger partial charge in [0.1, 0.15) is 0 Å². The number of ether oxygens (including phenoxy) is 1. The first kappa shape index (κ1) is 7.06. The number of hydrogen-bond acceptors (Lipinski definition) is 2. The number of hydrogen-bond donors (Lipinski definition) is 0. The molecule has 10 heavy (non-hydrogen) atoms. The van der Waals surface area contributed by atoms with E-state index in [2.05, 4.69) is 4.74 Å². The molecular weight excluding hydrogens is 128 g/mol. The minimum atomic E-state index is -0.204. The van der Waals surface area contributed by atoms with E-state index in [1.165, 1.54) is 7.11 Å². The fraction of sp³-hybridized carbons (Fsp3) is 0.375. The van der Waals surface area contributed by atoms with Gasteiger partial charge in [-0.3, -0.25) is 0 Å². The predicted octanol–water partition coefficient (Wildman–Crippen LogP) is 1.44. The molecule has 0 unspecified atom stereocenters. The second-order valence-corrected chi connectivity index (χ2v) is 2.13. The van der Waals surface area contributed by atoms with Crippen LogP contribution >= 0.6 is 0 Å². The molecule has 2 heteroatoms. The molecule has 0 aromatic carbocycles. The molecule has 0 aromatic rings. The fourth-order valence-electron chi connectivity index (χ4n) is 0.898. The van der Waals surface area contributed by atoms with Gasteiger partial charge in [-0.2, -0.15) is 0 Å². The van der Waals surface area contributed by atoms with Crippen molar-refractivity contribution in [3.63, 3.8) is 0 Å². The molecule has 1 rings (SSSR count). The minimum Gasteiger partial charge on any atom is -0.466 e. The second kappa shape index (κ2) is 3.20. The SMILES string of the molecule is COC(=O)C1=CCC=CC1. The highest BCUT2D eigenvalue weighted by molar-refractivity contribution is 5.88. The van der Waals surface area contributed by atoms with Gasteiger partial charge in [0.15, 0.2) is 0 Å². The summed E-state index contributed by atoms with van der Waals surface area (Å²) in [6.45, 7) is 0. The summed E-state index contributed by atoms with van der Waals surface area (Å²) in [5.41, 5.74) is 0.769. The molecule has 0 aromatic heterocycles. The lowest BCUT2D eigenvalue weighted by molar-refractivity contribution is -0.136. The van der Waals surface area contributed by atoms with Crippen LogP contribution in [0.1, 0.15) is 12.8 Å². The van der Waals surface area contributed by atoms with Gasteiger partial charge in [0, 0.05) is 5.57 Å². The molecule has 0 fully saturated rings. The van der Waals surface area contributed by atoms with Crippen LogP contribution in [-0.2, 0) is 9.53 Å². The van der Waals surface area contributed by atoms with Gasteiger partial charge >= 0.3 is 5.97 Å². The highest BCUT2D eigenvalue weighted by Gasteiger charge is 2.07. The molecule has 0 spiro atoms. The van der Waals surface area contributed by atoms with Crippen LogP contribution in [0.25, 0.3) is 0 Å². The molecule has 0 heterocycles. The molecule has 0 saturated heterocycles. The molecule has 0 radical (unpaired) electrons. The van der Waals surface area contributed by atoms with Gasteiger partial charge in [-0.15, -0.1) is 0 Å². The zero-order chi connectivity index (χ0) is 7.40. The molecule has 0 aliphatic heterocycles. The Hall–Kier alpha value is -1.05. The first-order valence-corrected chi connectivity index (χ1v) is 3.27. The molecule has 1 aliphatic rings. The van der Waals surface area contributed by atoms with Gasteiger partial charge < -0.3 is 4.74 Å². The van der Waals surface area contributed by atoms with Crippen LogP contribution < -0.4 is 0 Å². The number of rotatable bonds is 1. The van der Waals surface area contributed by atoms with Crippen molar-refractivity contribution in [1.29, 1.82) is 0 Å². The topological polar surface area (TPSA) is 26.3 Å². The van der Waals surface area contributed by atoms with E-state index < -0.39 is 0 Å². The lowest BCUT2D eigenvalue weighted by atomic mass is 10.1. The van der Waals surface area contributed by atoms with Crippen LogP contribution in [0.2, 0.25) is 0 Å². The number of allylic oxidation sites excluding steroid dienone is 3. The molecule has 54 valence electrons. The van der Waals surface area contributed by atoms with Crippen molar-refractivity contribution in [2.24, 2.45) is 0 Å². The van der Waals surface area contributed by atoms with Gasteiger partial charge in [-0.05, 0) is 12.8 Å². The van der Waals surface area contributed by atoms with Crippen LogP contribution in [-0.4, -0.2) is 13.1 Å². The summed E-state index contributed by atoms with van der Waals surface area (Å²) < 4.78 is 4.55. The van der Waals surface area contributed by atoms with Crippen molar-refractivity contribution >= 4 is 5.97 Å². The zero-order valence-corrected chi connectivity index (χ0v) is 5.96. The highest BCUT2D eigenvalue weighted by Crippen LogP contribution is 2.11. The fourth-order valence-corrected chi connectivity index (χ4v) is 0.898. The van der Waals surface area contributed by atoms with Crippen molar-refractivity contribution in [3.8, 4) is 0 Å². The predicted molar refractivity (Wildman–Crippen MR) is 38.5 cm³/mol. The molecule has 0 bridgehead atoms. The van der Waals surface area contributed by atoms with Gasteiger partial charge in [-0.25, -0.2) is 4.79 Å². The molecule has 2 nitrogen and oxygen atoms in total. The lowest BCUT2D eigenvalue weighted by Gasteiger charge is -2.04. The average molecular weight is 138 g/mol. The Kier molecular flexibility index (Phi) is 2.26. The van der Waals surface area contributed by atoms with Crippen molar-refractivity contribution in [1.82, 2.24) is 0 Å². The molecule has 0 atom stereocenters. The Balaban J connectivity index is 2.56. The van der Waals surface area contributed by atoms with Crippen LogP contribution in [0.3, 0.4) is 0 Å². The van der Waals surface area contributed by atoms with Crippen molar-refractivity contribution in [2.75, 3.05) is 7.11 Å². The third kappa shape index (κ3) is 1.47. The monoisotopic (exact) mass is 138 g/mol. The Morgan fingerprint density at radius 3 is 2.90 bits per heavy atom. The summed E-state index contributed by atoms with van der Waals surface area (Å²) in [4.78, 5) is 10.8. The van der Waals surface area contributed by atoms with Crippen molar-refractivity contribution in [3.05, 3.63) is 23.8 Å². The second-order valence-electron chi connectivity index (χ2n) is 2.13. The number of carbonyl (C=O) groups is 1. The van der Waals surface area contributed by atoms with E-state index >= 15 is 0 Å². The Morgan fingerprint density at radius 1 is 1.60 bits per heavy atom. The first-order valence-electron chi connectivity index (χ1n) is 3.27. The maximum atomic E-state index is 10.8. The van der Waals surface area contributed by atoms with E-state index in [0.29, 0.717) is 6.42 Å². The van der Waals surface area contributed by atoms with Gasteiger partial charge in [0.25, 0.3) is 0 Å². The lowest BCUT2D eigenvalue weighted by Crippen LogP contribution is -2.05. The summed E-state index contributed by atoms with van der Waals surface area (Å²) in [5.74, 6) is -0.204. The van der Waals surface area contributed by atoms with Crippen molar-refractivity contribution < 1.29 is 9.53 Å². The molecule has 0 N–H and O–H groups in total. The van der Waals surface area contributed by atoms with Crippen molar-refractivity contribution in [2.45, 2.75) is 12.8 Å². The standard InChI is InChI=1S/C8H10O2/c1-10-8(9)7-5-3-2-4-6-7/h2-3,6H,4-5H2,1H3. The summed E-state index contributed by atoms with van der Waals surface area (Å²) in [5, 5.41) is 0. The third-order valence-electron chi connectivity index (χ3n) is 1.45. The maximum absolute atomic E-state index is 10.8. The molecule has 0 saturated carbocycles. The molecular formula is C8H10O2. The van der Waals surface area contributed by atoms with Crippen LogP contribution in [0.5, 0.6) is 0 Å².